The molecule has 0 N–H and O–H groups in total. The first-order valence-corrected chi connectivity index (χ1v) is 4.81. The van der Waals surface area contributed by atoms with Crippen LogP contribution in [0.4, 0.5) is 0 Å². The van der Waals surface area contributed by atoms with Gasteiger partial charge in [-0.25, -0.2) is 4.99 Å². The van der Waals surface area contributed by atoms with Crippen LogP contribution >= 0.6 is 11.6 Å². The van der Waals surface area contributed by atoms with Crippen molar-refractivity contribution >= 4 is 28.9 Å². The van der Waals surface area contributed by atoms with Crippen molar-refractivity contribution < 1.29 is 4.79 Å². The van der Waals surface area contributed by atoms with Crippen LogP contribution in [0.1, 0.15) is 19.8 Å². The molecule has 0 saturated heterocycles. The molecule has 0 aromatic rings. The smallest absolute Gasteiger partial charge is 0.123 e. The Hall–Kier alpha value is -0.700. The molecule has 1 saturated carbocycles. The predicted molar refractivity (Wildman–Crippen MR) is 52.5 cm³/mol. The Balaban J connectivity index is 2.04. The fraction of sp³-hybridized carbons (Fsp3) is 0.667. The topological polar surface area (TPSA) is 41.8 Å². The van der Waals surface area contributed by atoms with Crippen LogP contribution in [0.25, 0.3) is 0 Å². The van der Waals surface area contributed by atoms with Gasteiger partial charge < -0.3 is 4.79 Å². The molecule has 3 atom stereocenters. The van der Waals surface area contributed by atoms with Gasteiger partial charge in [0.25, 0.3) is 0 Å². The Labute approximate surface area is 81.9 Å². The molecule has 0 aromatic heterocycles. The normalized spacial score (nSPS) is 37.8. The lowest BCUT2D eigenvalue weighted by molar-refractivity contribution is -0.109. The maximum absolute atomic E-state index is 10.5. The Morgan fingerprint density at radius 3 is 2.92 bits per heavy atom. The maximum atomic E-state index is 10.5. The highest BCUT2D eigenvalue weighted by Gasteiger charge is 2.43. The summed E-state index contributed by atoms with van der Waals surface area (Å²) in [6.07, 6.45) is 2.69. The van der Waals surface area contributed by atoms with Crippen molar-refractivity contribution in [3.63, 3.8) is 0 Å². The monoisotopic (exact) mass is 198 g/mol. The standard InChI is InChI=1S/C9H11ClN2O/c1-5-11-8(3-9(10)12-5)7-2-6(7)4-13/h4,6-8H,2-3H2,1H3. The molecule has 0 radical (unpaired) electrons. The number of aliphatic imine (C=N–C) groups is 2. The molecule has 3 nitrogen and oxygen atoms in total. The number of amidine groups is 1. The molecule has 2 rings (SSSR count). The highest BCUT2D eigenvalue weighted by molar-refractivity contribution is 6.66. The van der Waals surface area contributed by atoms with Crippen molar-refractivity contribution in [3.05, 3.63) is 0 Å². The molecule has 70 valence electrons. The molecule has 4 heteroatoms. The zero-order chi connectivity index (χ0) is 9.42. The van der Waals surface area contributed by atoms with E-state index in [1.807, 2.05) is 6.92 Å². The van der Waals surface area contributed by atoms with E-state index in [4.69, 9.17) is 11.6 Å². The summed E-state index contributed by atoms with van der Waals surface area (Å²) in [5, 5.41) is 0.619. The Morgan fingerprint density at radius 2 is 2.38 bits per heavy atom. The molecule has 0 amide bonds. The van der Waals surface area contributed by atoms with Gasteiger partial charge in [0.15, 0.2) is 0 Å². The van der Waals surface area contributed by atoms with E-state index in [9.17, 15) is 4.79 Å². The fourth-order valence-electron chi connectivity index (χ4n) is 1.79. The lowest BCUT2D eigenvalue weighted by Crippen LogP contribution is -2.19. The maximum Gasteiger partial charge on any atom is 0.123 e. The molecular weight excluding hydrogens is 188 g/mol. The highest BCUT2D eigenvalue weighted by Crippen LogP contribution is 2.42. The third-order valence-corrected chi connectivity index (χ3v) is 2.81. The minimum atomic E-state index is 0.195. The molecule has 1 aliphatic heterocycles. The van der Waals surface area contributed by atoms with Gasteiger partial charge in [-0.15, -0.1) is 0 Å². The summed E-state index contributed by atoms with van der Waals surface area (Å²) in [5.74, 6) is 1.36. The number of carbonyl (C=O) groups excluding carboxylic acids is 1. The van der Waals surface area contributed by atoms with Crippen LogP contribution in [0.5, 0.6) is 0 Å². The number of rotatable bonds is 2. The summed E-state index contributed by atoms with van der Waals surface area (Å²) in [4.78, 5) is 18.9. The Morgan fingerprint density at radius 1 is 1.62 bits per heavy atom. The fourth-order valence-corrected chi connectivity index (χ4v) is 2.07. The molecular formula is C9H11ClN2O. The summed E-state index contributed by atoms with van der Waals surface area (Å²) >= 11 is 5.85. The van der Waals surface area contributed by atoms with Gasteiger partial charge in [0, 0.05) is 12.3 Å². The molecule has 3 unspecified atom stereocenters. The third-order valence-electron chi connectivity index (χ3n) is 2.57. The SMILES string of the molecule is CC1=NC(C2CC2C=O)CC(Cl)=N1. The molecule has 0 bridgehead atoms. The zero-order valence-electron chi connectivity index (χ0n) is 7.40. The molecule has 1 aliphatic carbocycles. The van der Waals surface area contributed by atoms with Crippen molar-refractivity contribution in [2.24, 2.45) is 21.8 Å². The Kier molecular flexibility index (Phi) is 2.20. The van der Waals surface area contributed by atoms with Crippen LogP contribution in [-0.2, 0) is 4.79 Å². The van der Waals surface area contributed by atoms with E-state index in [0.717, 1.165) is 18.5 Å². The number of hydrogen-bond donors (Lipinski definition) is 0. The van der Waals surface area contributed by atoms with Crippen LogP contribution in [0, 0.1) is 11.8 Å². The zero-order valence-corrected chi connectivity index (χ0v) is 8.16. The van der Waals surface area contributed by atoms with Crippen molar-refractivity contribution in [2.45, 2.75) is 25.8 Å². The van der Waals surface area contributed by atoms with Gasteiger partial charge in [-0.05, 0) is 19.3 Å². The molecule has 0 aromatic carbocycles. The van der Waals surface area contributed by atoms with E-state index in [-0.39, 0.29) is 12.0 Å². The summed E-state index contributed by atoms with van der Waals surface area (Å²) in [7, 11) is 0. The number of hydrogen-bond acceptors (Lipinski definition) is 3. The average Bonchev–Trinajstić information content (AvgIpc) is 2.80. The van der Waals surface area contributed by atoms with Crippen LogP contribution < -0.4 is 0 Å². The summed E-state index contributed by atoms with van der Waals surface area (Å²) < 4.78 is 0. The first-order chi connectivity index (χ1) is 6.20. The lowest BCUT2D eigenvalue weighted by atomic mass is 10.1. The predicted octanol–water partition coefficient (Wildman–Crippen LogP) is 1.65. The average molecular weight is 199 g/mol. The molecule has 0 spiro atoms. The van der Waals surface area contributed by atoms with Gasteiger partial charge in [0.2, 0.25) is 0 Å². The first-order valence-electron chi connectivity index (χ1n) is 4.43. The number of nitrogens with zero attached hydrogens (tertiary/aromatic N) is 2. The largest absolute Gasteiger partial charge is 0.303 e. The van der Waals surface area contributed by atoms with Gasteiger partial charge in [-0.2, -0.15) is 0 Å². The number of aldehydes is 1. The van der Waals surface area contributed by atoms with E-state index < -0.39 is 0 Å². The van der Waals surface area contributed by atoms with Crippen LogP contribution in [0.2, 0.25) is 0 Å². The number of carbonyl (C=O) groups is 1. The lowest BCUT2D eigenvalue weighted by Gasteiger charge is -2.15. The summed E-state index contributed by atoms with van der Waals surface area (Å²) in [6, 6.07) is 0.195. The van der Waals surface area contributed by atoms with Gasteiger partial charge in [-0.1, -0.05) is 11.6 Å². The van der Waals surface area contributed by atoms with Crippen LogP contribution in [0.3, 0.4) is 0 Å². The van der Waals surface area contributed by atoms with E-state index in [2.05, 4.69) is 9.98 Å². The second-order valence-electron chi connectivity index (χ2n) is 3.64. The van der Waals surface area contributed by atoms with E-state index in [1.165, 1.54) is 0 Å². The molecule has 1 heterocycles. The highest BCUT2D eigenvalue weighted by atomic mass is 35.5. The summed E-state index contributed by atoms with van der Waals surface area (Å²) in [5.41, 5.74) is 0. The van der Waals surface area contributed by atoms with Crippen molar-refractivity contribution in [1.82, 2.24) is 0 Å². The van der Waals surface area contributed by atoms with Crippen molar-refractivity contribution in [2.75, 3.05) is 0 Å². The summed E-state index contributed by atoms with van der Waals surface area (Å²) in [6.45, 7) is 1.84. The van der Waals surface area contributed by atoms with Gasteiger partial charge >= 0.3 is 0 Å². The molecule has 2 aliphatic rings. The molecule has 13 heavy (non-hydrogen) atoms. The quantitative estimate of drug-likeness (QED) is 0.622. The second-order valence-corrected chi connectivity index (χ2v) is 4.07. The minimum Gasteiger partial charge on any atom is -0.303 e. The first kappa shape index (κ1) is 8.88. The van der Waals surface area contributed by atoms with E-state index in [1.54, 1.807) is 0 Å². The van der Waals surface area contributed by atoms with Gasteiger partial charge in [0.1, 0.15) is 17.3 Å². The van der Waals surface area contributed by atoms with Crippen molar-refractivity contribution in [1.29, 1.82) is 0 Å². The molecule has 1 fully saturated rings. The second kappa shape index (κ2) is 3.22. The third kappa shape index (κ3) is 1.80. The van der Waals surface area contributed by atoms with Crippen LogP contribution in [-0.4, -0.2) is 23.3 Å². The van der Waals surface area contributed by atoms with E-state index >= 15 is 0 Å². The van der Waals surface area contributed by atoms with Crippen LogP contribution in [0.15, 0.2) is 9.98 Å². The number of halogens is 1. The van der Waals surface area contributed by atoms with Gasteiger partial charge in [0.05, 0.1) is 6.04 Å². The minimum absolute atomic E-state index is 0.195. The Bertz CT molecular complexity index is 298. The van der Waals surface area contributed by atoms with Crippen molar-refractivity contribution in [3.8, 4) is 0 Å². The van der Waals surface area contributed by atoms with E-state index in [0.29, 0.717) is 17.5 Å². The van der Waals surface area contributed by atoms with Gasteiger partial charge in [-0.3, -0.25) is 4.99 Å².